The van der Waals surface area contributed by atoms with Crippen LogP contribution in [0.15, 0.2) is 41.6 Å². The van der Waals surface area contributed by atoms with Gasteiger partial charge in [-0.15, -0.1) is 0 Å². The van der Waals surface area contributed by atoms with Gasteiger partial charge in [-0.1, -0.05) is 23.9 Å². The fourth-order valence-electron chi connectivity index (χ4n) is 2.75. The lowest BCUT2D eigenvalue weighted by atomic mass is 10.2. The molecule has 0 aliphatic carbocycles. The topological polar surface area (TPSA) is 96.0 Å². The number of halogens is 3. The Bertz CT molecular complexity index is 1160. The molecule has 3 N–H and O–H groups in total. The summed E-state index contributed by atoms with van der Waals surface area (Å²) < 4.78 is 39.9. The average Bonchev–Trinajstić information content (AvgIpc) is 2.78. The van der Waals surface area contributed by atoms with Gasteiger partial charge >= 0.3 is 0 Å². The highest BCUT2D eigenvalue weighted by Crippen LogP contribution is 2.26. The van der Waals surface area contributed by atoms with E-state index in [2.05, 4.69) is 25.9 Å². The predicted molar refractivity (Wildman–Crippen MR) is 117 cm³/mol. The summed E-state index contributed by atoms with van der Waals surface area (Å²) in [6.07, 6.45) is 0. The molecule has 0 bridgehead atoms. The van der Waals surface area contributed by atoms with Crippen molar-refractivity contribution < 1.29 is 22.8 Å². The third kappa shape index (κ3) is 5.47. The number of para-hydroxylation sites is 1. The normalized spacial score (nSPS) is 11.8. The number of hydrogen-bond donors (Lipinski definition) is 3. The number of thioether (sulfide) groups is 1. The molecule has 0 aliphatic rings. The van der Waals surface area contributed by atoms with Crippen molar-refractivity contribution in [1.29, 1.82) is 0 Å². The summed E-state index contributed by atoms with van der Waals surface area (Å²) >= 11 is 1.11. The number of carbonyl (C=O) groups excluding carboxylic acids is 2. The summed E-state index contributed by atoms with van der Waals surface area (Å²) in [5.41, 5.74) is 0.201. The number of anilines is 2. The van der Waals surface area contributed by atoms with Crippen molar-refractivity contribution in [3.63, 3.8) is 0 Å². The Hall–Kier alpha value is -3.34. The molecule has 1 unspecified atom stereocenters. The van der Waals surface area contributed by atoms with Gasteiger partial charge in [0.15, 0.2) is 22.6 Å². The summed E-state index contributed by atoms with van der Waals surface area (Å²) in [4.78, 5) is 33.3. The Morgan fingerprint density at radius 3 is 2.56 bits per heavy atom. The lowest BCUT2D eigenvalue weighted by Crippen LogP contribution is -2.37. The molecule has 11 heteroatoms. The molecule has 7 nitrogen and oxygen atoms in total. The van der Waals surface area contributed by atoms with E-state index >= 15 is 0 Å². The van der Waals surface area contributed by atoms with Crippen LogP contribution < -0.4 is 16.0 Å². The van der Waals surface area contributed by atoms with Crippen LogP contribution in [0.2, 0.25) is 0 Å². The van der Waals surface area contributed by atoms with E-state index in [1.54, 1.807) is 6.92 Å². The van der Waals surface area contributed by atoms with E-state index in [0.717, 1.165) is 28.7 Å². The molecule has 32 heavy (non-hydrogen) atoms. The molecule has 0 saturated heterocycles. The van der Waals surface area contributed by atoms with Gasteiger partial charge in [-0.2, -0.15) is 0 Å². The molecule has 3 aromatic rings. The minimum Gasteiger partial charge on any atom is -0.370 e. The van der Waals surface area contributed by atoms with Crippen molar-refractivity contribution >= 4 is 46.0 Å². The van der Waals surface area contributed by atoms with Gasteiger partial charge in [0.05, 0.1) is 23.0 Å². The van der Waals surface area contributed by atoms with Gasteiger partial charge in [-0.25, -0.2) is 23.1 Å². The first-order valence-electron chi connectivity index (χ1n) is 9.68. The summed E-state index contributed by atoms with van der Waals surface area (Å²) in [6.45, 7) is 3.74. The Balaban J connectivity index is 1.60. The van der Waals surface area contributed by atoms with Gasteiger partial charge in [0.25, 0.3) is 0 Å². The number of amides is 2. The standard InChI is InChI=1S/C21H20F3N5O2S/c1-3-25-19-12-6-4-5-7-14(12)28-21(29-19)32-11(2)20(31)26-10-16(30)27-15-9-8-13(22)17(23)18(15)24/h4-9,11H,3,10H2,1-2H3,(H,26,31)(H,27,30)(H,25,28,29). The summed E-state index contributed by atoms with van der Waals surface area (Å²) in [5, 5.41) is 8.27. The molecule has 168 valence electrons. The van der Waals surface area contributed by atoms with Crippen LogP contribution >= 0.6 is 11.8 Å². The Kier molecular flexibility index (Phi) is 7.52. The molecule has 2 amide bonds. The van der Waals surface area contributed by atoms with E-state index in [4.69, 9.17) is 0 Å². The van der Waals surface area contributed by atoms with Crippen molar-refractivity contribution in [2.45, 2.75) is 24.3 Å². The number of carbonyl (C=O) groups is 2. The summed E-state index contributed by atoms with van der Waals surface area (Å²) in [6, 6.07) is 9.05. The van der Waals surface area contributed by atoms with Crippen LogP contribution in [0.5, 0.6) is 0 Å². The second kappa shape index (κ2) is 10.3. The van der Waals surface area contributed by atoms with Crippen LogP contribution in [-0.2, 0) is 9.59 Å². The molecular weight excluding hydrogens is 443 g/mol. The first-order valence-corrected chi connectivity index (χ1v) is 10.6. The molecule has 2 aromatic carbocycles. The highest BCUT2D eigenvalue weighted by Gasteiger charge is 2.19. The van der Waals surface area contributed by atoms with Crippen LogP contribution in [-0.4, -0.2) is 40.1 Å². The van der Waals surface area contributed by atoms with E-state index in [-0.39, 0.29) is 0 Å². The zero-order valence-corrected chi connectivity index (χ0v) is 18.0. The second-order valence-electron chi connectivity index (χ2n) is 6.65. The minimum absolute atomic E-state index is 0.385. The number of aromatic nitrogens is 2. The Labute approximate surface area is 186 Å². The number of hydrogen-bond acceptors (Lipinski definition) is 6. The number of nitrogens with zero attached hydrogens (tertiary/aromatic N) is 2. The predicted octanol–water partition coefficient (Wildman–Crippen LogP) is 3.71. The van der Waals surface area contributed by atoms with Crippen molar-refractivity contribution in [3.05, 3.63) is 53.8 Å². The maximum atomic E-state index is 13.7. The molecule has 0 fully saturated rings. The Morgan fingerprint density at radius 2 is 1.81 bits per heavy atom. The molecule has 1 heterocycles. The van der Waals surface area contributed by atoms with Crippen LogP contribution in [0, 0.1) is 17.5 Å². The van der Waals surface area contributed by atoms with Gasteiger partial charge < -0.3 is 16.0 Å². The van der Waals surface area contributed by atoms with Gasteiger partial charge in [0.2, 0.25) is 11.8 Å². The molecule has 1 atom stereocenters. The zero-order valence-electron chi connectivity index (χ0n) is 17.2. The van der Waals surface area contributed by atoms with E-state index in [0.29, 0.717) is 23.6 Å². The maximum Gasteiger partial charge on any atom is 0.243 e. The third-order valence-electron chi connectivity index (χ3n) is 4.31. The van der Waals surface area contributed by atoms with E-state index < -0.39 is 46.7 Å². The Morgan fingerprint density at radius 1 is 1.06 bits per heavy atom. The average molecular weight is 463 g/mol. The molecule has 0 saturated carbocycles. The van der Waals surface area contributed by atoms with Crippen LogP contribution in [0.1, 0.15) is 13.8 Å². The van der Waals surface area contributed by atoms with Gasteiger partial charge in [-0.3, -0.25) is 9.59 Å². The van der Waals surface area contributed by atoms with E-state index in [1.165, 1.54) is 0 Å². The molecular formula is C21H20F3N5O2S. The number of rotatable bonds is 8. The summed E-state index contributed by atoms with van der Waals surface area (Å²) in [5.74, 6) is -5.19. The SMILES string of the molecule is CCNc1nc(SC(C)C(=O)NCC(=O)Nc2ccc(F)c(F)c2F)nc2ccccc12. The lowest BCUT2D eigenvalue weighted by molar-refractivity contribution is -0.123. The lowest BCUT2D eigenvalue weighted by Gasteiger charge is -2.13. The smallest absolute Gasteiger partial charge is 0.243 e. The largest absolute Gasteiger partial charge is 0.370 e. The van der Waals surface area contributed by atoms with Gasteiger partial charge in [0, 0.05) is 11.9 Å². The monoisotopic (exact) mass is 463 g/mol. The highest BCUT2D eigenvalue weighted by molar-refractivity contribution is 8.00. The molecule has 0 radical (unpaired) electrons. The first kappa shape index (κ1) is 23.3. The second-order valence-corrected chi connectivity index (χ2v) is 7.96. The third-order valence-corrected chi connectivity index (χ3v) is 5.27. The molecule has 0 aliphatic heterocycles. The summed E-state index contributed by atoms with van der Waals surface area (Å²) in [7, 11) is 0. The van der Waals surface area contributed by atoms with Crippen molar-refractivity contribution in [1.82, 2.24) is 15.3 Å². The van der Waals surface area contributed by atoms with Gasteiger partial charge in [-0.05, 0) is 38.1 Å². The minimum atomic E-state index is -1.69. The number of nitrogens with one attached hydrogen (secondary N) is 3. The van der Waals surface area contributed by atoms with Gasteiger partial charge in [0.1, 0.15) is 5.82 Å². The van der Waals surface area contributed by atoms with E-state index in [1.807, 2.05) is 31.2 Å². The number of fused-ring (bicyclic) bond motifs is 1. The maximum absolute atomic E-state index is 13.7. The quantitative estimate of drug-likeness (QED) is 0.268. The highest BCUT2D eigenvalue weighted by atomic mass is 32.2. The molecule has 0 spiro atoms. The van der Waals surface area contributed by atoms with Crippen LogP contribution in [0.25, 0.3) is 10.9 Å². The van der Waals surface area contributed by atoms with Crippen LogP contribution in [0.3, 0.4) is 0 Å². The van der Waals surface area contributed by atoms with Crippen LogP contribution in [0.4, 0.5) is 24.7 Å². The van der Waals surface area contributed by atoms with Crippen molar-refractivity contribution in [2.24, 2.45) is 0 Å². The number of benzene rings is 2. The first-order chi connectivity index (χ1) is 15.3. The van der Waals surface area contributed by atoms with E-state index in [9.17, 15) is 22.8 Å². The fourth-order valence-corrected chi connectivity index (χ4v) is 3.55. The van der Waals surface area contributed by atoms with Crippen molar-refractivity contribution in [3.8, 4) is 0 Å². The molecule has 3 rings (SSSR count). The molecule has 1 aromatic heterocycles. The zero-order chi connectivity index (χ0) is 23.3. The fraction of sp³-hybridized carbons (Fsp3) is 0.238. The van der Waals surface area contributed by atoms with Crippen molar-refractivity contribution in [2.75, 3.05) is 23.7 Å².